The smallest absolute Gasteiger partial charge is 0.234 e. The molecule has 2 heterocycles. The minimum Gasteiger partial charge on any atom is -0.343 e. The van der Waals surface area contributed by atoms with Gasteiger partial charge in [-0.3, -0.25) is 9.69 Å². The highest BCUT2D eigenvalue weighted by molar-refractivity contribution is 7.10. The normalized spacial score (nSPS) is 12.3. The molecule has 0 radical (unpaired) electrons. The van der Waals surface area contributed by atoms with E-state index in [1.165, 1.54) is 17.0 Å². The molecule has 130 valence electrons. The molecule has 0 spiro atoms. The fraction of sp³-hybridized carbons (Fsp3) is 0.211. The number of nitrogens with one attached hydrogen (secondary N) is 1. The second kappa shape index (κ2) is 8.38. The van der Waals surface area contributed by atoms with Crippen LogP contribution in [0.2, 0.25) is 0 Å². The molecule has 0 aliphatic heterocycles. The van der Waals surface area contributed by atoms with Crippen molar-refractivity contribution in [3.63, 3.8) is 0 Å². The average Bonchev–Trinajstić information content (AvgIpc) is 3.27. The lowest BCUT2D eigenvalue weighted by Gasteiger charge is -2.21. The Hall–Kier alpha value is -2.02. The second-order valence-electron chi connectivity index (χ2n) is 5.82. The lowest BCUT2D eigenvalue weighted by atomic mass is 10.1. The summed E-state index contributed by atoms with van der Waals surface area (Å²) in [7, 11) is 1.93. The summed E-state index contributed by atoms with van der Waals surface area (Å²) in [5, 5.41) is 7.08. The Bertz CT molecular complexity index is 785. The topological polar surface area (TPSA) is 32.3 Å². The molecule has 0 bridgehead atoms. The molecule has 25 heavy (non-hydrogen) atoms. The minimum absolute atomic E-state index is 0.0539. The summed E-state index contributed by atoms with van der Waals surface area (Å²) >= 11 is 3.26. The first-order valence-corrected chi connectivity index (χ1v) is 9.67. The number of likely N-dealkylation sites (N-methyl/N-ethyl adjacent to an activating group) is 1. The molecule has 6 heteroatoms. The first kappa shape index (κ1) is 17.8. The Morgan fingerprint density at radius 1 is 1.12 bits per heavy atom. The van der Waals surface area contributed by atoms with E-state index < -0.39 is 0 Å². The number of amides is 1. The number of halogens is 1. The van der Waals surface area contributed by atoms with E-state index in [1.807, 2.05) is 40.9 Å². The first-order chi connectivity index (χ1) is 12.1. The van der Waals surface area contributed by atoms with E-state index in [0.29, 0.717) is 6.54 Å². The number of rotatable bonds is 7. The van der Waals surface area contributed by atoms with Crippen molar-refractivity contribution in [3.05, 3.63) is 80.4 Å². The quantitative estimate of drug-likeness (QED) is 0.669. The molecule has 0 aliphatic rings. The Morgan fingerprint density at radius 3 is 2.48 bits per heavy atom. The van der Waals surface area contributed by atoms with Gasteiger partial charge in [0.2, 0.25) is 5.91 Å². The van der Waals surface area contributed by atoms with Gasteiger partial charge in [0.15, 0.2) is 0 Å². The molecule has 0 saturated heterocycles. The molecule has 2 aromatic heterocycles. The van der Waals surface area contributed by atoms with Crippen LogP contribution in [0.15, 0.2) is 59.3 Å². The molecule has 0 saturated carbocycles. The number of nitrogens with zero attached hydrogens (tertiary/aromatic N) is 1. The third kappa shape index (κ3) is 4.98. The zero-order chi connectivity index (χ0) is 17.6. The van der Waals surface area contributed by atoms with E-state index in [1.54, 1.807) is 34.8 Å². The van der Waals surface area contributed by atoms with Crippen LogP contribution in [0.1, 0.15) is 21.4 Å². The number of hydrogen-bond acceptors (Lipinski definition) is 4. The van der Waals surface area contributed by atoms with Gasteiger partial charge in [0, 0.05) is 16.3 Å². The van der Waals surface area contributed by atoms with Crippen molar-refractivity contribution in [2.24, 2.45) is 0 Å². The molecule has 1 N–H and O–H groups in total. The average molecular weight is 375 g/mol. The van der Waals surface area contributed by atoms with E-state index in [9.17, 15) is 9.18 Å². The van der Waals surface area contributed by atoms with Crippen molar-refractivity contribution in [1.29, 1.82) is 0 Å². The molecule has 1 atom stereocenters. The predicted molar refractivity (Wildman–Crippen MR) is 101 cm³/mol. The van der Waals surface area contributed by atoms with Crippen LogP contribution in [-0.2, 0) is 11.3 Å². The third-order valence-corrected chi connectivity index (χ3v) is 5.55. The lowest BCUT2D eigenvalue weighted by molar-refractivity contribution is -0.122. The monoisotopic (exact) mass is 374 g/mol. The highest BCUT2D eigenvalue weighted by atomic mass is 32.1. The van der Waals surface area contributed by atoms with Gasteiger partial charge in [-0.25, -0.2) is 4.39 Å². The fourth-order valence-electron chi connectivity index (χ4n) is 2.61. The van der Waals surface area contributed by atoms with Gasteiger partial charge in [0.05, 0.1) is 12.6 Å². The number of benzene rings is 1. The van der Waals surface area contributed by atoms with Gasteiger partial charge in [-0.2, -0.15) is 0 Å². The van der Waals surface area contributed by atoms with E-state index in [4.69, 9.17) is 0 Å². The van der Waals surface area contributed by atoms with Crippen molar-refractivity contribution < 1.29 is 9.18 Å². The summed E-state index contributed by atoms with van der Waals surface area (Å²) in [6.45, 7) is 1.05. The van der Waals surface area contributed by atoms with Gasteiger partial charge in [-0.1, -0.05) is 24.3 Å². The molecule has 0 unspecified atom stereocenters. The standard InChI is InChI=1S/C19H19FN2OS2/c1-22(12-16-4-2-10-24-16)13-18(23)21-19(17-5-3-11-25-17)14-6-8-15(20)9-7-14/h2-11,19H,12-13H2,1H3,(H,21,23)/t19-/m0/s1. The van der Waals surface area contributed by atoms with Crippen molar-refractivity contribution in [2.45, 2.75) is 12.6 Å². The minimum atomic E-state index is -0.282. The summed E-state index contributed by atoms with van der Waals surface area (Å²) in [5.41, 5.74) is 0.873. The molecular weight excluding hydrogens is 355 g/mol. The van der Waals surface area contributed by atoms with E-state index in [-0.39, 0.29) is 17.8 Å². The largest absolute Gasteiger partial charge is 0.343 e. The van der Waals surface area contributed by atoms with Crippen LogP contribution in [0.25, 0.3) is 0 Å². The first-order valence-electron chi connectivity index (χ1n) is 7.91. The Morgan fingerprint density at radius 2 is 1.84 bits per heavy atom. The zero-order valence-electron chi connectivity index (χ0n) is 13.8. The lowest BCUT2D eigenvalue weighted by Crippen LogP contribution is -2.37. The van der Waals surface area contributed by atoms with Crippen LogP contribution in [0.3, 0.4) is 0 Å². The van der Waals surface area contributed by atoms with Crippen LogP contribution in [0.5, 0.6) is 0 Å². The third-order valence-electron chi connectivity index (χ3n) is 3.76. The molecule has 3 nitrogen and oxygen atoms in total. The molecule has 0 fully saturated rings. The summed E-state index contributed by atoms with van der Waals surface area (Å²) in [6.07, 6.45) is 0. The van der Waals surface area contributed by atoms with Crippen LogP contribution in [-0.4, -0.2) is 24.4 Å². The number of hydrogen-bond donors (Lipinski definition) is 1. The second-order valence-corrected chi connectivity index (χ2v) is 7.83. The van der Waals surface area contributed by atoms with Crippen molar-refractivity contribution in [2.75, 3.05) is 13.6 Å². The maximum absolute atomic E-state index is 13.2. The van der Waals surface area contributed by atoms with E-state index in [0.717, 1.165) is 17.0 Å². The van der Waals surface area contributed by atoms with Crippen LogP contribution in [0.4, 0.5) is 4.39 Å². The fourth-order valence-corrected chi connectivity index (χ4v) is 4.19. The zero-order valence-corrected chi connectivity index (χ0v) is 15.4. The highest BCUT2D eigenvalue weighted by Gasteiger charge is 2.19. The van der Waals surface area contributed by atoms with Gasteiger partial charge >= 0.3 is 0 Å². The molecular formula is C19H19FN2OS2. The molecule has 1 amide bonds. The van der Waals surface area contributed by atoms with Crippen LogP contribution >= 0.6 is 22.7 Å². The summed E-state index contributed by atoms with van der Waals surface area (Å²) in [6, 6.07) is 14.0. The van der Waals surface area contributed by atoms with Crippen LogP contribution in [0, 0.1) is 5.82 Å². The van der Waals surface area contributed by atoms with E-state index in [2.05, 4.69) is 11.4 Å². The number of carbonyl (C=O) groups is 1. The van der Waals surface area contributed by atoms with Crippen molar-refractivity contribution in [1.82, 2.24) is 10.2 Å². The van der Waals surface area contributed by atoms with Gasteiger partial charge in [-0.15, -0.1) is 22.7 Å². The summed E-state index contributed by atoms with van der Waals surface area (Å²) < 4.78 is 13.2. The molecule has 0 aliphatic carbocycles. The highest BCUT2D eigenvalue weighted by Crippen LogP contribution is 2.26. The Kier molecular flexibility index (Phi) is 5.96. The maximum Gasteiger partial charge on any atom is 0.234 e. The van der Waals surface area contributed by atoms with Crippen molar-refractivity contribution >= 4 is 28.6 Å². The van der Waals surface area contributed by atoms with Gasteiger partial charge in [0.1, 0.15) is 5.82 Å². The number of carbonyl (C=O) groups excluding carboxylic acids is 1. The Balaban J connectivity index is 1.67. The van der Waals surface area contributed by atoms with Crippen molar-refractivity contribution in [3.8, 4) is 0 Å². The SMILES string of the molecule is CN(CC(=O)N[C@@H](c1ccc(F)cc1)c1cccs1)Cc1cccs1. The number of thiophene rings is 2. The molecule has 3 aromatic rings. The molecule has 3 rings (SSSR count). The molecule has 1 aromatic carbocycles. The Labute approximate surface area is 154 Å². The maximum atomic E-state index is 13.2. The predicted octanol–water partition coefficient (Wildman–Crippen LogP) is 4.29. The van der Waals surface area contributed by atoms with Gasteiger partial charge in [-0.05, 0) is 47.6 Å². The van der Waals surface area contributed by atoms with Gasteiger partial charge in [0.25, 0.3) is 0 Å². The van der Waals surface area contributed by atoms with Gasteiger partial charge < -0.3 is 5.32 Å². The summed E-state index contributed by atoms with van der Waals surface area (Å²) in [5.74, 6) is -0.336. The van der Waals surface area contributed by atoms with Crippen LogP contribution < -0.4 is 5.32 Å². The van der Waals surface area contributed by atoms with E-state index >= 15 is 0 Å². The summed E-state index contributed by atoms with van der Waals surface area (Å²) in [4.78, 5) is 16.7.